The van der Waals surface area contributed by atoms with Gasteiger partial charge in [-0.05, 0) is 75.4 Å². The number of hydrogen-bond acceptors (Lipinski definition) is 2. The minimum absolute atomic E-state index is 0.135. The highest BCUT2D eigenvalue weighted by atomic mass is 16.1. The minimum atomic E-state index is 0.135. The van der Waals surface area contributed by atoms with Gasteiger partial charge >= 0.3 is 0 Å². The molecule has 1 atom stereocenters. The van der Waals surface area contributed by atoms with Gasteiger partial charge in [0, 0.05) is 12.1 Å². The van der Waals surface area contributed by atoms with Crippen LogP contribution in [0.15, 0.2) is 18.2 Å². The predicted octanol–water partition coefficient (Wildman–Crippen LogP) is 3.02. The van der Waals surface area contributed by atoms with Gasteiger partial charge in [0.15, 0.2) is 0 Å². The second kappa shape index (κ2) is 6.71. The van der Waals surface area contributed by atoms with Crippen LogP contribution in [-0.2, 0) is 4.79 Å². The number of aryl methyl sites for hydroxylation is 2. The van der Waals surface area contributed by atoms with Crippen LogP contribution >= 0.6 is 0 Å². The van der Waals surface area contributed by atoms with Gasteiger partial charge in [-0.25, -0.2) is 0 Å². The Bertz CT molecular complexity index is 416. The lowest BCUT2D eigenvalue weighted by molar-refractivity contribution is -0.116. The van der Waals surface area contributed by atoms with E-state index in [0.717, 1.165) is 25.2 Å². The molecule has 1 aromatic carbocycles. The zero-order valence-electron chi connectivity index (χ0n) is 12.0. The van der Waals surface area contributed by atoms with Crippen molar-refractivity contribution in [3.05, 3.63) is 29.3 Å². The molecule has 2 rings (SSSR count). The molecule has 0 radical (unpaired) electrons. The minimum Gasteiger partial charge on any atom is -0.326 e. The van der Waals surface area contributed by atoms with Crippen molar-refractivity contribution in [1.82, 2.24) is 5.32 Å². The smallest absolute Gasteiger partial charge is 0.224 e. The van der Waals surface area contributed by atoms with Crippen LogP contribution in [0.4, 0.5) is 5.69 Å². The van der Waals surface area contributed by atoms with E-state index in [4.69, 9.17) is 0 Å². The molecule has 3 heteroatoms. The molecule has 1 saturated heterocycles. The summed E-state index contributed by atoms with van der Waals surface area (Å²) in [6.07, 6.45) is 4.11. The number of benzene rings is 1. The zero-order chi connectivity index (χ0) is 13.7. The number of carbonyl (C=O) groups is 1. The van der Waals surface area contributed by atoms with Crippen LogP contribution < -0.4 is 10.6 Å². The van der Waals surface area contributed by atoms with Crippen molar-refractivity contribution in [3.63, 3.8) is 0 Å². The number of amides is 1. The maximum absolute atomic E-state index is 11.9. The first-order valence-corrected chi connectivity index (χ1v) is 7.22. The molecule has 1 aliphatic rings. The number of rotatable bonds is 4. The second-order valence-corrected chi connectivity index (χ2v) is 5.68. The average Bonchev–Trinajstić information content (AvgIpc) is 2.36. The monoisotopic (exact) mass is 260 g/mol. The lowest BCUT2D eigenvalue weighted by atomic mass is 9.94. The Balaban J connectivity index is 1.80. The Hall–Kier alpha value is -1.35. The fourth-order valence-electron chi connectivity index (χ4n) is 2.78. The normalized spacial score (nSPS) is 19.2. The summed E-state index contributed by atoms with van der Waals surface area (Å²) in [5.74, 6) is 0.800. The Labute approximate surface area is 115 Å². The number of piperidine rings is 1. The SMILES string of the molecule is Cc1cc(C)cc(NC(=O)CCC2CCCNC2)c1. The highest BCUT2D eigenvalue weighted by Gasteiger charge is 2.14. The van der Waals surface area contributed by atoms with Crippen molar-refractivity contribution in [2.75, 3.05) is 18.4 Å². The van der Waals surface area contributed by atoms with E-state index in [9.17, 15) is 4.79 Å². The largest absolute Gasteiger partial charge is 0.326 e. The number of hydrogen-bond donors (Lipinski definition) is 2. The lowest BCUT2D eigenvalue weighted by Crippen LogP contribution is -2.30. The summed E-state index contributed by atoms with van der Waals surface area (Å²) in [7, 11) is 0. The molecular weight excluding hydrogens is 236 g/mol. The number of carbonyl (C=O) groups excluding carboxylic acids is 1. The van der Waals surface area contributed by atoms with Gasteiger partial charge in [0.2, 0.25) is 5.91 Å². The predicted molar refractivity (Wildman–Crippen MR) is 79.4 cm³/mol. The van der Waals surface area contributed by atoms with E-state index in [2.05, 4.69) is 30.5 Å². The highest BCUT2D eigenvalue weighted by Crippen LogP contribution is 2.18. The van der Waals surface area contributed by atoms with Gasteiger partial charge in [-0.15, -0.1) is 0 Å². The molecule has 0 spiro atoms. The first kappa shape index (κ1) is 14.1. The summed E-state index contributed by atoms with van der Waals surface area (Å²) < 4.78 is 0. The van der Waals surface area contributed by atoms with Crippen LogP contribution in [-0.4, -0.2) is 19.0 Å². The summed E-state index contributed by atoms with van der Waals surface area (Å²) in [6.45, 7) is 6.30. The van der Waals surface area contributed by atoms with E-state index >= 15 is 0 Å². The van der Waals surface area contributed by atoms with Gasteiger partial charge in [0.25, 0.3) is 0 Å². The van der Waals surface area contributed by atoms with Crippen molar-refractivity contribution < 1.29 is 4.79 Å². The molecule has 0 aliphatic carbocycles. The van der Waals surface area contributed by atoms with E-state index < -0.39 is 0 Å². The fourth-order valence-corrected chi connectivity index (χ4v) is 2.78. The maximum atomic E-state index is 11.9. The van der Waals surface area contributed by atoms with E-state index in [0.29, 0.717) is 12.3 Å². The molecule has 19 heavy (non-hydrogen) atoms. The van der Waals surface area contributed by atoms with Gasteiger partial charge in [-0.2, -0.15) is 0 Å². The molecule has 3 nitrogen and oxygen atoms in total. The molecule has 0 bridgehead atoms. The quantitative estimate of drug-likeness (QED) is 0.873. The van der Waals surface area contributed by atoms with E-state index in [1.54, 1.807) is 0 Å². The molecule has 0 saturated carbocycles. The van der Waals surface area contributed by atoms with E-state index in [-0.39, 0.29) is 5.91 Å². The molecule has 1 fully saturated rings. The molecule has 1 heterocycles. The molecule has 0 aromatic heterocycles. The van der Waals surface area contributed by atoms with Crippen molar-refractivity contribution in [3.8, 4) is 0 Å². The van der Waals surface area contributed by atoms with E-state index in [1.165, 1.54) is 24.0 Å². The van der Waals surface area contributed by atoms with Crippen LogP contribution in [0.1, 0.15) is 36.8 Å². The summed E-state index contributed by atoms with van der Waals surface area (Å²) in [4.78, 5) is 11.9. The summed E-state index contributed by atoms with van der Waals surface area (Å²) >= 11 is 0. The van der Waals surface area contributed by atoms with Gasteiger partial charge < -0.3 is 10.6 Å². The average molecular weight is 260 g/mol. The molecule has 1 aromatic rings. The third-order valence-electron chi connectivity index (χ3n) is 3.68. The summed E-state index contributed by atoms with van der Waals surface area (Å²) in [6, 6.07) is 6.16. The summed E-state index contributed by atoms with van der Waals surface area (Å²) in [5, 5.41) is 6.40. The Kier molecular flexibility index (Phi) is 4.97. The maximum Gasteiger partial charge on any atom is 0.224 e. The molecule has 2 N–H and O–H groups in total. The highest BCUT2D eigenvalue weighted by molar-refractivity contribution is 5.90. The van der Waals surface area contributed by atoms with Crippen LogP contribution in [0.3, 0.4) is 0 Å². The third kappa shape index (κ3) is 4.67. The number of nitrogens with one attached hydrogen (secondary N) is 2. The topological polar surface area (TPSA) is 41.1 Å². The van der Waals surface area contributed by atoms with Crippen molar-refractivity contribution in [1.29, 1.82) is 0 Å². The first-order valence-electron chi connectivity index (χ1n) is 7.22. The summed E-state index contributed by atoms with van der Waals surface area (Å²) in [5.41, 5.74) is 3.29. The van der Waals surface area contributed by atoms with Crippen LogP contribution in [0.5, 0.6) is 0 Å². The van der Waals surface area contributed by atoms with Gasteiger partial charge in [-0.3, -0.25) is 4.79 Å². The Morgan fingerprint density at radius 1 is 1.32 bits per heavy atom. The van der Waals surface area contributed by atoms with Crippen LogP contribution in [0, 0.1) is 19.8 Å². The number of anilines is 1. The Morgan fingerprint density at radius 3 is 2.68 bits per heavy atom. The Morgan fingerprint density at radius 2 is 2.05 bits per heavy atom. The van der Waals surface area contributed by atoms with Gasteiger partial charge in [0.1, 0.15) is 0 Å². The molecule has 1 aliphatic heterocycles. The van der Waals surface area contributed by atoms with Gasteiger partial charge in [-0.1, -0.05) is 6.07 Å². The van der Waals surface area contributed by atoms with Crippen LogP contribution in [0.25, 0.3) is 0 Å². The second-order valence-electron chi connectivity index (χ2n) is 5.68. The zero-order valence-corrected chi connectivity index (χ0v) is 12.0. The van der Waals surface area contributed by atoms with Gasteiger partial charge in [0.05, 0.1) is 0 Å². The third-order valence-corrected chi connectivity index (χ3v) is 3.68. The molecule has 1 amide bonds. The molecule has 1 unspecified atom stereocenters. The standard InChI is InChI=1S/C16H24N2O/c1-12-8-13(2)10-15(9-12)18-16(19)6-5-14-4-3-7-17-11-14/h8-10,14,17H,3-7,11H2,1-2H3,(H,18,19). The molecular formula is C16H24N2O. The van der Waals surface area contributed by atoms with Crippen molar-refractivity contribution >= 4 is 11.6 Å². The van der Waals surface area contributed by atoms with Crippen LogP contribution in [0.2, 0.25) is 0 Å². The van der Waals surface area contributed by atoms with E-state index in [1.807, 2.05) is 12.1 Å². The fraction of sp³-hybridized carbons (Fsp3) is 0.562. The lowest BCUT2D eigenvalue weighted by Gasteiger charge is -2.22. The first-order chi connectivity index (χ1) is 9.13. The van der Waals surface area contributed by atoms with Crippen molar-refractivity contribution in [2.45, 2.75) is 39.5 Å². The van der Waals surface area contributed by atoms with Crippen molar-refractivity contribution in [2.24, 2.45) is 5.92 Å². The molecule has 104 valence electrons.